The second kappa shape index (κ2) is 8.62. The van der Waals surface area contributed by atoms with Gasteiger partial charge in [0, 0.05) is 22.2 Å². The van der Waals surface area contributed by atoms with E-state index in [9.17, 15) is 9.00 Å². The molecule has 0 bridgehead atoms. The van der Waals surface area contributed by atoms with Crippen LogP contribution in [0, 0.1) is 0 Å². The van der Waals surface area contributed by atoms with Gasteiger partial charge in [-0.15, -0.1) is 0 Å². The highest BCUT2D eigenvalue weighted by Crippen LogP contribution is 2.42. The average molecular weight is 406 g/mol. The number of rotatable bonds is 7. The van der Waals surface area contributed by atoms with Crippen molar-refractivity contribution in [3.63, 3.8) is 0 Å². The molecule has 0 aliphatic carbocycles. The zero-order valence-electron chi connectivity index (χ0n) is 16.2. The molecule has 1 heterocycles. The van der Waals surface area contributed by atoms with Crippen LogP contribution in [0.15, 0.2) is 84.9 Å². The second-order valence-electron chi connectivity index (χ2n) is 7.00. The van der Waals surface area contributed by atoms with Gasteiger partial charge in [-0.3, -0.25) is 9.00 Å². The van der Waals surface area contributed by atoms with Crippen molar-refractivity contribution in [2.24, 2.45) is 0 Å². The smallest absolute Gasteiger partial charge is 0.245 e. The zero-order valence-corrected chi connectivity index (χ0v) is 17.0. The van der Waals surface area contributed by atoms with Crippen molar-refractivity contribution >= 4 is 22.4 Å². The van der Waals surface area contributed by atoms with Crippen molar-refractivity contribution in [2.45, 2.75) is 17.7 Å². The summed E-state index contributed by atoms with van der Waals surface area (Å²) in [5.74, 6) is 1.14. The van der Waals surface area contributed by atoms with E-state index in [1.807, 2.05) is 84.9 Å². The molecule has 29 heavy (non-hydrogen) atoms. The molecule has 0 spiro atoms. The lowest BCUT2D eigenvalue weighted by Gasteiger charge is -2.46. The molecule has 0 aromatic heterocycles. The molecule has 5 heteroatoms. The van der Waals surface area contributed by atoms with E-state index in [1.165, 1.54) is 0 Å². The van der Waals surface area contributed by atoms with Crippen molar-refractivity contribution in [1.29, 1.82) is 0 Å². The fourth-order valence-electron chi connectivity index (χ4n) is 3.71. The summed E-state index contributed by atoms with van der Waals surface area (Å²) in [7, 11) is 0.361. The molecule has 1 saturated heterocycles. The summed E-state index contributed by atoms with van der Waals surface area (Å²) in [6.45, 7) is 0. The Morgan fingerprint density at radius 1 is 0.897 bits per heavy atom. The van der Waals surface area contributed by atoms with Gasteiger partial charge in [-0.05, 0) is 41.8 Å². The molecule has 148 valence electrons. The quantitative estimate of drug-likeness (QED) is 0.555. The molecule has 3 aromatic carbocycles. The number of methoxy groups -OCH3 is 1. The first-order valence-corrected chi connectivity index (χ1v) is 11.0. The van der Waals surface area contributed by atoms with Crippen LogP contribution in [0.1, 0.15) is 17.2 Å². The molecule has 4 nitrogen and oxygen atoms in total. The van der Waals surface area contributed by atoms with Gasteiger partial charge in [-0.2, -0.15) is 0 Å². The van der Waals surface area contributed by atoms with Crippen LogP contribution < -0.4 is 9.64 Å². The number of carbonyl (C=O) groups excluding carboxylic acids is 1. The summed E-state index contributed by atoms with van der Waals surface area (Å²) in [4.78, 5) is 14.8. The first-order valence-electron chi connectivity index (χ1n) is 9.62. The van der Waals surface area contributed by atoms with Gasteiger partial charge in [-0.25, -0.2) is 0 Å². The predicted molar refractivity (Wildman–Crippen MR) is 117 cm³/mol. The van der Waals surface area contributed by atoms with Crippen LogP contribution in [-0.4, -0.2) is 28.2 Å². The van der Waals surface area contributed by atoms with Crippen molar-refractivity contribution in [3.05, 3.63) is 96.1 Å². The topological polar surface area (TPSA) is 46.6 Å². The van der Waals surface area contributed by atoms with Crippen LogP contribution >= 0.6 is 0 Å². The summed E-state index contributed by atoms with van der Waals surface area (Å²) in [6.07, 6.45) is 0.692. The molecule has 3 atom stereocenters. The third kappa shape index (κ3) is 3.96. The lowest BCUT2D eigenvalue weighted by atomic mass is 9.92. The summed E-state index contributed by atoms with van der Waals surface area (Å²) in [6, 6.07) is 27.0. The number of β-lactam (4-membered cyclic amide) rings is 1. The van der Waals surface area contributed by atoms with Gasteiger partial charge >= 0.3 is 0 Å². The molecule has 3 aromatic rings. The van der Waals surface area contributed by atoms with E-state index >= 15 is 0 Å². The Hall–Kier alpha value is -2.92. The van der Waals surface area contributed by atoms with Crippen LogP contribution in [0.2, 0.25) is 0 Å². The van der Waals surface area contributed by atoms with E-state index in [-0.39, 0.29) is 11.9 Å². The zero-order chi connectivity index (χ0) is 20.2. The number of para-hydroxylation sites is 1. The molecule has 0 N–H and O–H groups in total. The standard InChI is InChI=1S/C24H23NO3S/c1-28-21-14-12-19(13-15-21)22-23(24(26)25(22)20-10-6-3-7-11-20)29(27)17-16-18-8-4-2-5-9-18/h2-15,22-23H,16-17H2,1H3/t22-,23-,29-/m1/s1. The Kier molecular flexibility index (Phi) is 5.76. The molecule has 0 saturated carbocycles. The van der Waals surface area contributed by atoms with E-state index in [1.54, 1.807) is 12.0 Å². The molecule has 1 aliphatic rings. The molecular formula is C24H23NO3S. The highest BCUT2D eigenvalue weighted by molar-refractivity contribution is 7.86. The highest BCUT2D eigenvalue weighted by Gasteiger charge is 2.51. The van der Waals surface area contributed by atoms with Crippen LogP contribution in [0.25, 0.3) is 0 Å². The minimum Gasteiger partial charge on any atom is -0.497 e. The Balaban J connectivity index is 1.59. The largest absolute Gasteiger partial charge is 0.497 e. The van der Waals surface area contributed by atoms with Gasteiger partial charge in [0.15, 0.2) is 0 Å². The Morgan fingerprint density at radius 3 is 2.14 bits per heavy atom. The van der Waals surface area contributed by atoms with E-state index in [2.05, 4.69) is 0 Å². The van der Waals surface area contributed by atoms with Crippen molar-refractivity contribution in [3.8, 4) is 5.75 Å². The van der Waals surface area contributed by atoms with E-state index in [0.29, 0.717) is 12.2 Å². The molecule has 1 fully saturated rings. The summed E-state index contributed by atoms with van der Waals surface area (Å²) >= 11 is 0. The molecular weight excluding hydrogens is 382 g/mol. The number of hydrogen-bond acceptors (Lipinski definition) is 3. The average Bonchev–Trinajstić information content (AvgIpc) is 2.77. The lowest BCUT2D eigenvalue weighted by molar-refractivity contribution is -0.123. The summed E-state index contributed by atoms with van der Waals surface area (Å²) in [5, 5.41) is -0.535. The second-order valence-corrected chi connectivity index (χ2v) is 8.68. The number of hydrogen-bond donors (Lipinski definition) is 0. The van der Waals surface area contributed by atoms with Crippen molar-refractivity contribution < 1.29 is 13.7 Å². The number of benzene rings is 3. The van der Waals surface area contributed by atoms with Gasteiger partial charge in [0.25, 0.3) is 0 Å². The number of anilines is 1. The maximum atomic E-state index is 13.1. The van der Waals surface area contributed by atoms with Gasteiger partial charge in [0.2, 0.25) is 5.91 Å². The highest BCUT2D eigenvalue weighted by atomic mass is 32.2. The number of ether oxygens (including phenoxy) is 1. The molecule has 1 amide bonds. The molecule has 0 radical (unpaired) electrons. The number of carbonyl (C=O) groups is 1. The van der Waals surface area contributed by atoms with Crippen LogP contribution in [-0.2, 0) is 22.0 Å². The molecule has 1 aliphatic heterocycles. The van der Waals surface area contributed by atoms with Gasteiger partial charge in [-0.1, -0.05) is 60.7 Å². The number of aryl methyl sites for hydroxylation is 1. The first-order chi connectivity index (χ1) is 14.2. The normalized spacial score (nSPS) is 19.5. The minimum absolute atomic E-state index is 0.0802. The molecule has 0 unspecified atom stereocenters. The molecule has 4 rings (SSSR count). The first kappa shape index (κ1) is 19.4. The maximum Gasteiger partial charge on any atom is 0.245 e. The minimum atomic E-state index is -1.26. The van der Waals surface area contributed by atoms with Crippen LogP contribution in [0.4, 0.5) is 5.69 Å². The number of amides is 1. The predicted octanol–water partition coefficient (Wildman–Crippen LogP) is 4.14. The maximum absolute atomic E-state index is 13.1. The van der Waals surface area contributed by atoms with E-state index in [0.717, 1.165) is 22.6 Å². The van der Waals surface area contributed by atoms with Gasteiger partial charge in [0.05, 0.1) is 13.2 Å². The monoisotopic (exact) mass is 405 g/mol. The number of nitrogens with zero attached hydrogens (tertiary/aromatic N) is 1. The lowest BCUT2D eigenvalue weighted by Crippen LogP contribution is -2.61. The summed E-state index contributed by atoms with van der Waals surface area (Å²) < 4.78 is 18.4. The third-order valence-corrected chi connectivity index (χ3v) is 6.89. The van der Waals surface area contributed by atoms with Gasteiger partial charge < -0.3 is 9.64 Å². The van der Waals surface area contributed by atoms with Crippen molar-refractivity contribution in [1.82, 2.24) is 0 Å². The Bertz CT molecular complexity index is 990. The fourth-order valence-corrected chi connectivity index (χ4v) is 5.31. The van der Waals surface area contributed by atoms with Crippen LogP contribution in [0.5, 0.6) is 5.75 Å². The van der Waals surface area contributed by atoms with E-state index in [4.69, 9.17) is 4.74 Å². The Morgan fingerprint density at radius 2 is 1.52 bits per heavy atom. The van der Waals surface area contributed by atoms with Gasteiger partial charge in [0.1, 0.15) is 11.0 Å². The van der Waals surface area contributed by atoms with Crippen molar-refractivity contribution in [2.75, 3.05) is 17.8 Å². The fraction of sp³-hybridized carbons (Fsp3) is 0.208. The SMILES string of the molecule is COc1ccc([C@@H]2[C@@H]([S@](=O)CCc3ccccc3)C(=O)N2c2ccccc2)cc1. The Labute approximate surface area is 173 Å². The summed E-state index contributed by atoms with van der Waals surface area (Å²) in [5.41, 5.74) is 2.93. The van der Waals surface area contributed by atoms with E-state index < -0.39 is 16.0 Å². The van der Waals surface area contributed by atoms with Crippen LogP contribution in [0.3, 0.4) is 0 Å². The third-order valence-electron chi connectivity index (χ3n) is 5.26.